The van der Waals surface area contributed by atoms with E-state index in [4.69, 9.17) is 39.5 Å². The normalized spacial score (nSPS) is 10.4. The average Bonchev–Trinajstić information content (AvgIpc) is 2.42. The van der Waals surface area contributed by atoms with Crippen molar-refractivity contribution >= 4 is 40.5 Å². The highest BCUT2D eigenvalue weighted by Crippen LogP contribution is 2.33. The fraction of sp³-hybridized carbons (Fsp3) is 0.200. The summed E-state index contributed by atoms with van der Waals surface area (Å²) in [4.78, 5) is 0. The van der Waals surface area contributed by atoms with Gasteiger partial charge in [0.05, 0.1) is 15.1 Å². The van der Waals surface area contributed by atoms with Gasteiger partial charge in [0.1, 0.15) is 12.4 Å². The van der Waals surface area contributed by atoms with Crippen molar-refractivity contribution in [3.05, 3.63) is 57.0 Å². The van der Waals surface area contributed by atoms with Crippen LogP contribution in [0.3, 0.4) is 0 Å². The molecule has 0 aliphatic carbocycles. The van der Waals surface area contributed by atoms with Crippen LogP contribution in [-0.4, -0.2) is 13.2 Å². The van der Waals surface area contributed by atoms with E-state index in [1.165, 1.54) is 5.56 Å². The number of anilines is 1. The number of rotatable bonds is 5. The number of benzene rings is 2. The third-order valence-corrected chi connectivity index (χ3v) is 3.81. The summed E-state index contributed by atoms with van der Waals surface area (Å²) in [6, 6.07) is 11.3. The van der Waals surface area contributed by atoms with Crippen LogP contribution in [0, 0.1) is 6.92 Å². The average molecular weight is 331 g/mol. The summed E-state index contributed by atoms with van der Waals surface area (Å²) in [6.07, 6.45) is 0. The first kappa shape index (κ1) is 15.3. The van der Waals surface area contributed by atoms with E-state index in [0.717, 1.165) is 5.69 Å². The Morgan fingerprint density at radius 2 is 1.70 bits per heavy atom. The second-order valence-corrected chi connectivity index (χ2v) is 5.51. The van der Waals surface area contributed by atoms with Gasteiger partial charge in [-0.05, 0) is 24.6 Å². The fourth-order valence-electron chi connectivity index (χ4n) is 1.73. The maximum atomic E-state index is 6.03. The summed E-state index contributed by atoms with van der Waals surface area (Å²) in [5, 5.41) is 4.60. The molecule has 0 aliphatic heterocycles. The Kier molecular flexibility index (Phi) is 5.41. The molecule has 0 aliphatic rings. The molecule has 0 bridgehead atoms. The van der Waals surface area contributed by atoms with Gasteiger partial charge in [-0.3, -0.25) is 0 Å². The van der Waals surface area contributed by atoms with Crippen LogP contribution < -0.4 is 10.1 Å². The summed E-state index contributed by atoms with van der Waals surface area (Å²) in [5.74, 6) is 0.535. The number of halogens is 3. The zero-order valence-corrected chi connectivity index (χ0v) is 13.2. The van der Waals surface area contributed by atoms with Crippen molar-refractivity contribution in [1.82, 2.24) is 0 Å². The molecule has 1 N–H and O–H groups in total. The summed E-state index contributed by atoms with van der Waals surface area (Å²) in [6.45, 7) is 3.20. The Balaban J connectivity index is 1.88. The summed E-state index contributed by atoms with van der Waals surface area (Å²) < 4.78 is 5.60. The van der Waals surface area contributed by atoms with Crippen LogP contribution in [0.25, 0.3) is 0 Å². The van der Waals surface area contributed by atoms with Gasteiger partial charge in [-0.2, -0.15) is 0 Å². The minimum Gasteiger partial charge on any atom is -0.490 e. The molecule has 2 nitrogen and oxygen atoms in total. The van der Waals surface area contributed by atoms with Crippen LogP contribution in [0.2, 0.25) is 15.1 Å². The lowest BCUT2D eigenvalue weighted by molar-refractivity contribution is 0.333. The molecule has 2 rings (SSSR count). The molecule has 2 aromatic rings. The molecule has 0 saturated carbocycles. The third kappa shape index (κ3) is 3.95. The highest BCUT2D eigenvalue weighted by molar-refractivity contribution is 6.43. The van der Waals surface area contributed by atoms with Gasteiger partial charge in [-0.15, -0.1) is 0 Å². The van der Waals surface area contributed by atoms with Gasteiger partial charge in [0.25, 0.3) is 0 Å². The van der Waals surface area contributed by atoms with E-state index in [2.05, 4.69) is 18.3 Å². The molecule has 0 saturated heterocycles. The number of hydrogen-bond donors (Lipinski definition) is 1. The second-order valence-electron chi connectivity index (χ2n) is 4.29. The molecule has 2 aromatic carbocycles. The van der Waals surface area contributed by atoms with Gasteiger partial charge in [0, 0.05) is 18.3 Å². The number of para-hydroxylation sites is 1. The predicted octanol–water partition coefficient (Wildman–Crippen LogP) is 5.45. The first-order chi connectivity index (χ1) is 9.58. The number of hydrogen-bond acceptors (Lipinski definition) is 2. The van der Waals surface area contributed by atoms with Gasteiger partial charge < -0.3 is 10.1 Å². The zero-order chi connectivity index (χ0) is 14.5. The van der Waals surface area contributed by atoms with E-state index in [0.29, 0.717) is 34.0 Å². The van der Waals surface area contributed by atoms with Crippen molar-refractivity contribution in [1.29, 1.82) is 0 Å². The maximum absolute atomic E-state index is 6.03. The largest absolute Gasteiger partial charge is 0.490 e. The van der Waals surface area contributed by atoms with E-state index < -0.39 is 0 Å². The molecule has 0 amide bonds. The Hall–Kier alpha value is -1.09. The maximum Gasteiger partial charge on any atom is 0.139 e. The fourth-order valence-corrected chi connectivity index (χ4v) is 2.32. The van der Waals surface area contributed by atoms with Crippen molar-refractivity contribution in [3.63, 3.8) is 0 Å². The quantitative estimate of drug-likeness (QED) is 0.581. The summed E-state index contributed by atoms with van der Waals surface area (Å²) in [7, 11) is 0. The molecule has 0 unspecified atom stereocenters. The monoisotopic (exact) mass is 329 g/mol. The van der Waals surface area contributed by atoms with E-state index in [1.807, 2.05) is 18.2 Å². The van der Waals surface area contributed by atoms with Crippen LogP contribution >= 0.6 is 34.8 Å². The lowest BCUT2D eigenvalue weighted by Gasteiger charge is -2.12. The molecule has 0 aromatic heterocycles. The second kappa shape index (κ2) is 7.07. The molecule has 0 spiro atoms. The lowest BCUT2D eigenvalue weighted by atomic mass is 10.2. The molecule has 0 heterocycles. The topological polar surface area (TPSA) is 21.3 Å². The van der Waals surface area contributed by atoms with Crippen LogP contribution in [0.4, 0.5) is 5.69 Å². The van der Waals surface area contributed by atoms with Gasteiger partial charge in [-0.25, -0.2) is 0 Å². The van der Waals surface area contributed by atoms with Gasteiger partial charge in [0.2, 0.25) is 0 Å². The molecule has 0 atom stereocenters. The minimum atomic E-state index is 0.419. The Labute approximate surface area is 133 Å². The van der Waals surface area contributed by atoms with Crippen molar-refractivity contribution in [2.45, 2.75) is 6.92 Å². The molecule has 5 heteroatoms. The molecule has 0 radical (unpaired) electrons. The number of nitrogens with one attached hydrogen (secondary N) is 1. The van der Waals surface area contributed by atoms with E-state index >= 15 is 0 Å². The predicted molar refractivity (Wildman–Crippen MR) is 86.6 cm³/mol. The summed E-state index contributed by atoms with van der Waals surface area (Å²) >= 11 is 17.8. The van der Waals surface area contributed by atoms with Crippen LogP contribution in [0.15, 0.2) is 36.4 Å². The van der Waals surface area contributed by atoms with Crippen molar-refractivity contribution in [3.8, 4) is 5.75 Å². The van der Waals surface area contributed by atoms with Gasteiger partial charge in [0.15, 0.2) is 0 Å². The first-order valence-electron chi connectivity index (χ1n) is 6.15. The number of aryl methyl sites for hydroxylation is 1. The number of ether oxygens (including phenoxy) is 1. The molecule has 106 valence electrons. The molecule has 20 heavy (non-hydrogen) atoms. The first-order valence-corrected chi connectivity index (χ1v) is 7.28. The van der Waals surface area contributed by atoms with Crippen molar-refractivity contribution in [2.75, 3.05) is 18.5 Å². The van der Waals surface area contributed by atoms with Gasteiger partial charge >= 0.3 is 0 Å². The van der Waals surface area contributed by atoms with E-state index in [-0.39, 0.29) is 0 Å². The van der Waals surface area contributed by atoms with E-state index in [9.17, 15) is 0 Å². The third-order valence-electron chi connectivity index (χ3n) is 2.79. The van der Waals surface area contributed by atoms with Crippen molar-refractivity contribution in [2.24, 2.45) is 0 Å². The lowest BCUT2D eigenvalue weighted by Crippen LogP contribution is -2.12. The van der Waals surface area contributed by atoms with Crippen LogP contribution in [0.5, 0.6) is 5.75 Å². The minimum absolute atomic E-state index is 0.419. The van der Waals surface area contributed by atoms with E-state index in [1.54, 1.807) is 12.1 Å². The molecule has 0 fully saturated rings. The SMILES string of the molecule is Cc1ccccc1NCCOc1cc(Cl)c(Cl)cc1Cl. The van der Waals surface area contributed by atoms with Crippen LogP contribution in [-0.2, 0) is 0 Å². The molecular weight excluding hydrogens is 317 g/mol. The van der Waals surface area contributed by atoms with Crippen molar-refractivity contribution < 1.29 is 4.74 Å². The Bertz CT molecular complexity index is 602. The Morgan fingerprint density at radius 1 is 1.00 bits per heavy atom. The molecular formula is C15H14Cl3NO. The highest BCUT2D eigenvalue weighted by atomic mass is 35.5. The summed E-state index contributed by atoms with van der Waals surface area (Å²) in [5.41, 5.74) is 2.29. The van der Waals surface area contributed by atoms with Crippen LogP contribution in [0.1, 0.15) is 5.56 Å². The smallest absolute Gasteiger partial charge is 0.139 e. The van der Waals surface area contributed by atoms with Gasteiger partial charge in [-0.1, -0.05) is 53.0 Å². The highest BCUT2D eigenvalue weighted by Gasteiger charge is 2.06. The standard InChI is InChI=1S/C15H14Cl3NO/c1-10-4-2-3-5-14(10)19-6-7-20-15-9-12(17)11(16)8-13(15)18/h2-5,8-9,19H,6-7H2,1H3. The zero-order valence-electron chi connectivity index (χ0n) is 10.9. The Morgan fingerprint density at radius 3 is 2.45 bits per heavy atom.